The maximum atomic E-state index is 13.1. The Hall–Kier alpha value is -1.49. The van der Waals surface area contributed by atoms with Crippen LogP contribution in [0.3, 0.4) is 0 Å². The van der Waals surface area contributed by atoms with E-state index in [2.05, 4.69) is 25.9 Å². The Balaban J connectivity index is 2.10. The highest BCUT2D eigenvalue weighted by molar-refractivity contribution is 9.10. The number of H-pyrrole nitrogens is 1. The van der Waals surface area contributed by atoms with E-state index in [1.165, 1.54) is 12.1 Å². The van der Waals surface area contributed by atoms with Crippen molar-refractivity contribution in [1.82, 2.24) is 9.97 Å². The highest BCUT2D eigenvalue weighted by Crippen LogP contribution is 2.42. The van der Waals surface area contributed by atoms with Crippen molar-refractivity contribution in [3.63, 3.8) is 0 Å². The number of nitrogens with one attached hydrogen (secondary N) is 1. The average molecular weight is 351 g/mol. The van der Waals surface area contributed by atoms with Crippen LogP contribution in [0.15, 0.2) is 33.5 Å². The summed E-state index contributed by atoms with van der Waals surface area (Å²) in [6, 6.07) is 6.31. The molecule has 0 amide bonds. The molecule has 0 radical (unpaired) electrons. The van der Waals surface area contributed by atoms with E-state index in [1.807, 2.05) is 13.8 Å². The molecule has 1 aliphatic carbocycles. The van der Waals surface area contributed by atoms with Gasteiger partial charge in [-0.25, -0.2) is 9.37 Å². The van der Waals surface area contributed by atoms with Gasteiger partial charge in [0.1, 0.15) is 16.1 Å². The van der Waals surface area contributed by atoms with Crippen molar-refractivity contribution in [2.75, 3.05) is 0 Å². The highest BCUT2D eigenvalue weighted by Gasteiger charge is 2.32. The fourth-order valence-corrected chi connectivity index (χ4v) is 2.91. The first-order valence-electron chi connectivity index (χ1n) is 6.96. The number of halogens is 2. The first kappa shape index (κ1) is 14.4. The van der Waals surface area contributed by atoms with Crippen LogP contribution < -0.4 is 5.56 Å². The zero-order valence-corrected chi connectivity index (χ0v) is 13.5. The molecule has 0 atom stereocenters. The Labute approximate surface area is 130 Å². The van der Waals surface area contributed by atoms with E-state index in [4.69, 9.17) is 0 Å². The molecule has 0 bridgehead atoms. The summed E-state index contributed by atoms with van der Waals surface area (Å²) in [6.45, 7) is 3.95. The van der Waals surface area contributed by atoms with Gasteiger partial charge >= 0.3 is 0 Å². The predicted molar refractivity (Wildman–Crippen MR) is 83.1 cm³/mol. The molecule has 3 nitrogen and oxygen atoms in total. The van der Waals surface area contributed by atoms with Gasteiger partial charge < -0.3 is 4.98 Å². The van der Waals surface area contributed by atoms with Gasteiger partial charge in [0.2, 0.25) is 0 Å². The summed E-state index contributed by atoms with van der Waals surface area (Å²) in [5.74, 6) is 0.721. The molecule has 0 aliphatic heterocycles. The Morgan fingerprint density at radius 2 is 1.90 bits per heavy atom. The van der Waals surface area contributed by atoms with Gasteiger partial charge in [-0.15, -0.1) is 0 Å². The lowest BCUT2D eigenvalue weighted by Crippen LogP contribution is -2.27. The number of aromatic amines is 1. The Bertz CT molecular complexity index is 733. The maximum absolute atomic E-state index is 13.1. The normalized spacial score (nSPS) is 15.2. The van der Waals surface area contributed by atoms with Gasteiger partial charge in [0.25, 0.3) is 5.56 Å². The second-order valence-electron chi connectivity index (χ2n) is 6.02. The molecule has 1 aromatic carbocycles. The van der Waals surface area contributed by atoms with Crippen LogP contribution >= 0.6 is 15.9 Å². The standard InChI is InChI=1S/C16H16BrFN2O/c1-16(2,10-5-7-11(18)8-6-10)15-19-13(9-3-4-9)12(17)14(21)20-15/h5-9H,3-4H2,1-2H3,(H,19,20,21). The van der Waals surface area contributed by atoms with Crippen LogP contribution in [-0.4, -0.2) is 9.97 Å². The second kappa shape index (κ2) is 5.05. The van der Waals surface area contributed by atoms with E-state index in [-0.39, 0.29) is 11.4 Å². The third-order valence-electron chi connectivity index (χ3n) is 4.01. The zero-order valence-electron chi connectivity index (χ0n) is 11.9. The number of benzene rings is 1. The van der Waals surface area contributed by atoms with Crippen molar-refractivity contribution < 1.29 is 4.39 Å². The lowest BCUT2D eigenvalue weighted by molar-refractivity contribution is 0.575. The van der Waals surface area contributed by atoms with E-state index >= 15 is 0 Å². The van der Waals surface area contributed by atoms with Crippen LogP contribution in [0.2, 0.25) is 0 Å². The van der Waals surface area contributed by atoms with Gasteiger partial charge in [-0.2, -0.15) is 0 Å². The number of hydrogen-bond acceptors (Lipinski definition) is 2. The van der Waals surface area contributed by atoms with Gasteiger partial charge in [0.05, 0.1) is 5.69 Å². The van der Waals surface area contributed by atoms with Gasteiger partial charge in [-0.05, 0) is 60.3 Å². The molecule has 1 aliphatic rings. The molecule has 21 heavy (non-hydrogen) atoms. The SMILES string of the molecule is CC(C)(c1ccc(F)cc1)c1nc(C2CC2)c(Br)c(=O)[nH]1. The monoisotopic (exact) mass is 350 g/mol. The van der Waals surface area contributed by atoms with Crippen LogP contribution in [0.25, 0.3) is 0 Å². The molecule has 0 unspecified atom stereocenters. The van der Waals surface area contributed by atoms with Crippen molar-refractivity contribution in [3.8, 4) is 0 Å². The molecule has 5 heteroatoms. The van der Waals surface area contributed by atoms with Crippen LogP contribution in [0.1, 0.15) is 49.7 Å². The van der Waals surface area contributed by atoms with Gasteiger partial charge in [0.15, 0.2) is 0 Å². The summed E-state index contributed by atoms with van der Waals surface area (Å²) in [6.07, 6.45) is 2.15. The molecule has 1 aromatic heterocycles. The van der Waals surface area contributed by atoms with E-state index < -0.39 is 5.41 Å². The Morgan fingerprint density at radius 1 is 1.29 bits per heavy atom. The van der Waals surface area contributed by atoms with Gasteiger partial charge in [-0.3, -0.25) is 4.79 Å². The van der Waals surface area contributed by atoms with Crippen molar-refractivity contribution in [3.05, 3.63) is 62.0 Å². The topological polar surface area (TPSA) is 45.8 Å². The first-order chi connectivity index (χ1) is 9.89. The minimum Gasteiger partial charge on any atom is -0.309 e. The van der Waals surface area contributed by atoms with Crippen molar-refractivity contribution >= 4 is 15.9 Å². The van der Waals surface area contributed by atoms with Crippen molar-refractivity contribution in [2.24, 2.45) is 0 Å². The molecule has 1 N–H and O–H groups in total. The summed E-state index contributed by atoms with van der Waals surface area (Å²) in [4.78, 5) is 19.6. The van der Waals surface area contributed by atoms with Crippen LogP contribution in [-0.2, 0) is 5.41 Å². The maximum Gasteiger partial charge on any atom is 0.265 e. The van der Waals surface area contributed by atoms with Crippen molar-refractivity contribution in [2.45, 2.75) is 38.0 Å². The summed E-state index contributed by atoms with van der Waals surface area (Å²) in [5, 5.41) is 0. The largest absolute Gasteiger partial charge is 0.309 e. The number of nitrogens with zero attached hydrogens (tertiary/aromatic N) is 1. The predicted octanol–water partition coefficient (Wildman–Crippen LogP) is 3.87. The summed E-state index contributed by atoms with van der Waals surface area (Å²) >= 11 is 3.33. The van der Waals surface area contributed by atoms with Gasteiger partial charge in [-0.1, -0.05) is 12.1 Å². The molecule has 2 aromatic rings. The quantitative estimate of drug-likeness (QED) is 0.912. The number of rotatable bonds is 3. The molecule has 1 heterocycles. The fourth-order valence-electron chi connectivity index (χ4n) is 2.40. The van der Waals surface area contributed by atoms with E-state index in [0.717, 1.165) is 24.1 Å². The minimum atomic E-state index is -0.489. The fraction of sp³-hybridized carbons (Fsp3) is 0.375. The molecule has 1 fully saturated rings. The molecule has 110 valence electrons. The Morgan fingerprint density at radius 3 is 2.48 bits per heavy atom. The first-order valence-corrected chi connectivity index (χ1v) is 7.75. The number of aromatic nitrogens is 2. The van der Waals surface area contributed by atoms with Gasteiger partial charge in [0, 0.05) is 11.3 Å². The lowest BCUT2D eigenvalue weighted by Gasteiger charge is -2.25. The van der Waals surface area contributed by atoms with E-state index in [9.17, 15) is 9.18 Å². The Kier molecular flexibility index (Phi) is 3.48. The minimum absolute atomic E-state index is 0.155. The third kappa shape index (κ3) is 2.67. The third-order valence-corrected chi connectivity index (χ3v) is 4.78. The van der Waals surface area contributed by atoms with Crippen LogP contribution in [0.4, 0.5) is 4.39 Å². The summed E-state index contributed by atoms with van der Waals surface area (Å²) in [5.41, 5.74) is 1.11. The average Bonchev–Trinajstić information content (AvgIpc) is 3.26. The van der Waals surface area contributed by atoms with Crippen LogP contribution in [0.5, 0.6) is 0 Å². The summed E-state index contributed by atoms with van der Waals surface area (Å²) < 4.78 is 13.6. The van der Waals surface area contributed by atoms with E-state index in [0.29, 0.717) is 16.2 Å². The van der Waals surface area contributed by atoms with Crippen LogP contribution in [0, 0.1) is 5.82 Å². The molecule has 0 saturated heterocycles. The van der Waals surface area contributed by atoms with E-state index in [1.54, 1.807) is 12.1 Å². The molecular formula is C16H16BrFN2O. The number of hydrogen-bond donors (Lipinski definition) is 1. The molecular weight excluding hydrogens is 335 g/mol. The van der Waals surface area contributed by atoms with Crippen molar-refractivity contribution in [1.29, 1.82) is 0 Å². The molecule has 0 spiro atoms. The zero-order chi connectivity index (χ0) is 15.2. The smallest absolute Gasteiger partial charge is 0.265 e. The molecule has 3 rings (SSSR count). The summed E-state index contributed by atoms with van der Waals surface area (Å²) in [7, 11) is 0. The lowest BCUT2D eigenvalue weighted by atomic mass is 9.83. The highest BCUT2D eigenvalue weighted by atomic mass is 79.9. The second-order valence-corrected chi connectivity index (χ2v) is 6.81. The molecule has 1 saturated carbocycles.